The minimum atomic E-state index is -0.311. The van der Waals surface area contributed by atoms with Crippen molar-refractivity contribution in [2.45, 2.75) is 19.0 Å². The van der Waals surface area contributed by atoms with Crippen molar-refractivity contribution in [3.63, 3.8) is 0 Å². The number of benzene rings is 2. The highest BCUT2D eigenvalue weighted by atomic mass is 32.1. The maximum Gasteiger partial charge on any atom is 0.282 e. The summed E-state index contributed by atoms with van der Waals surface area (Å²) >= 11 is 1.68. The molecule has 4 nitrogen and oxygen atoms in total. The molecular formula is C21H20N3OS+. The number of nitrogens with two attached hydrogens (primary N) is 1. The number of nitrogens with one attached hydrogen (secondary N) is 1. The molecule has 3 aromatic rings. The van der Waals surface area contributed by atoms with Crippen molar-refractivity contribution in [2.24, 2.45) is 0 Å². The van der Waals surface area contributed by atoms with E-state index in [9.17, 15) is 10.1 Å². The van der Waals surface area contributed by atoms with Crippen molar-refractivity contribution in [2.75, 3.05) is 5.32 Å². The first-order valence-electron chi connectivity index (χ1n) is 8.42. The van der Waals surface area contributed by atoms with E-state index in [-0.39, 0.29) is 18.0 Å². The highest BCUT2D eigenvalue weighted by molar-refractivity contribution is 7.10. The van der Waals surface area contributed by atoms with Gasteiger partial charge in [-0.1, -0.05) is 48.5 Å². The molecular weight excluding hydrogens is 342 g/mol. The number of thiophene rings is 1. The molecule has 0 unspecified atom stereocenters. The van der Waals surface area contributed by atoms with E-state index in [2.05, 4.69) is 34.9 Å². The summed E-state index contributed by atoms with van der Waals surface area (Å²) in [6.45, 7) is 1.88. The normalized spacial score (nSPS) is 12.8. The average Bonchev–Trinajstić information content (AvgIpc) is 3.21. The number of hydrogen-bond donors (Lipinski definition) is 2. The van der Waals surface area contributed by atoms with Crippen molar-refractivity contribution in [3.8, 4) is 6.07 Å². The number of carbonyl (C=O) groups is 1. The van der Waals surface area contributed by atoms with Crippen LogP contribution in [0, 0.1) is 11.3 Å². The van der Waals surface area contributed by atoms with E-state index >= 15 is 0 Å². The third-order valence-corrected chi connectivity index (χ3v) is 5.16. The first-order chi connectivity index (χ1) is 12.7. The van der Waals surface area contributed by atoms with Gasteiger partial charge in [0.25, 0.3) is 5.91 Å². The second-order valence-corrected chi connectivity index (χ2v) is 7.01. The van der Waals surface area contributed by atoms with Crippen LogP contribution in [0.25, 0.3) is 0 Å². The molecule has 0 spiro atoms. The van der Waals surface area contributed by atoms with Gasteiger partial charge in [-0.05, 0) is 30.5 Å². The fourth-order valence-electron chi connectivity index (χ4n) is 2.81. The molecule has 26 heavy (non-hydrogen) atoms. The summed E-state index contributed by atoms with van der Waals surface area (Å²) in [5.74, 6) is -0.120. The van der Waals surface area contributed by atoms with Crippen molar-refractivity contribution >= 4 is 22.9 Å². The maximum absolute atomic E-state index is 12.7. The molecule has 0 aliphatic rings. The van der Waals surface area contributed by atoms with E-state index < -0.39 is 0 Å². The molecule has 0 radical (unpaired) electrons. The summed E-state index contributed by atoms with van der Waals surface area (Å²) < 4.78 is 0. The van der Waals surface area contributed by atoms with Crippen LogP contribution >= 0.6 is 11.3 Å². The van der Waals surface area contributed by atoms with Crippen LogP contribution in [0.15, 0.2) is 72.1 Å². The molecule has 3 rings (SSSR count). The molecule has 2 atom stereocenters. The molecule has 0 bridgehead atoms. The summed E-state index contributed by atoms with van der Waals surface area (Å²) in [6, 6.07) is 23.2. The molecule has 1 amide bonds. The molecule has 0 aliphatic heterocycles. The Bertz CT molecular complexity index is 901. The van der Waals surface area contributed by atoms with Crippen LogP contribution in [0.3, 0.4) is 0 Å². The Morgan fingerprint density at radius 3 is 2.50 bits per heavy atom. The molecule has 3 N–H and O–H groups in total. The van der Waals surface area contributed by atoms with Crippen LogP contribution < -0.4 is 10.6 Å². The molecule has 0 saturated heterocycles. The zero-order chi connectivity index (χ0) is 18.4. The van der Waals surface area contributed by atoms with Gasteiger partial charge in [0, 0.05) is 5.56 Å². The largest absolute Gasteiger partial charge is 0.326 e. The molecule has 130 valence electrons. The lowest BCUT2D eigenvalue weighted by molar-refractivity contribution is -0.703. The van der Waals surface area contributed by atoms with E-state index in [0.717, 1.165) is 5.56 Å². The lowest BCUT2D eigenvalue weighted by Gasteiger charge is -2.19. The van der Waals surface area contributed by atoms with Gasteiger partial charge in [0.15, 0.2) is 6.04 Å². The van der Waals surface area contributed by atoms with Crippen LogP contribution in [0.5, 0.6) is 0 Å². The monoisotopic (exact) mass is 362 g/mol. The van der Waals surface area contributed by atoms with Gasteiger partial charge in [0.2, 0.25) is 0 Å². The Labute approximate surface area is 157 Å². The topological polar surface area (TPSA) is 69.5 Å². The van der Waals surface area contributed by atoms with Crippen LogP contribution in [-0.4, -0.2) is 11.9 Å². The summed E-state index contributed by atoms with van der Waals surface area (Å²) in [7, 11) is 0. The first-order valence-corrected chi connectivity index (χ1v) is 9.30. The Morgan fingerprint density at radius 2 is 1.81 bits per heavy atom. The molecule has 2 aromatic carbocycles. The summed E-state index contributed by atoms with van der Waals surface area (Å²) in [5, 5.41) is 16.2. The summed E-state index contributed by atoms with van der Waals surface area (Å²) in [6.07, 6.45) is 0. The molecule has 0 aliphatic carbocycles. The number of rotatable bonds is 6. The van der Waals surface area contributed by atoms with Crippen LogP contribution in [0.2, 0.25) is 0 Å². The van der Waals surface area contributed by atoms with E-state index in [0.29, 0.717) is 11.3 Å². The van der Waals surface area contributed by atoms with Gasteiger partial charge in [-0.15, -0.1) is 11.3 Å². The average molecular weight is 362 g/mol. The highest BCUT2D eigenvalue weighted by Gasteiger charge is 2.25. The second-order valence-electron chi connectivity index (χ2n) is 6.03. The predicted molar refractivity (Wildman–Crippen MR) is 104 cm³/mol. The quantitative estimate of drug-likeness (QED) is 0.706. The fourth-order valence-corrected chi connectivity index (χ4v) is 3.64. The number of para-hydroxylation sites is 1. The third-order valence-electron chi connectivity index (χ3n) is 4.21. The van der Waals surface area contributed by atoms with Gasteiger partial charge in [0.05, 0.1) is 16.1 Å². The van der Waals surface area contributed by atoms with Gasteiger partial charge in [-0.3, -0.25) is 4.79 Å². The Morgan fingerprint density at radius 1 is 1.08 bits per heavy atom. The van der Waals surface area contributed by atoms with Gasteiger partial charge in [0.1, 0.15) is 12.1 Å². The van der Waals surface area contributed by atoms with Crippen LogP contribution in [0.4, 0.5) is 5.69 Å². The minimum absolute atomic E-state index is 0.0585. The van der Waals surface area contributed by atoms with Crippen LogP contribution in [-0.2, 0) is 4.79 Å². The lowest BCUT2D eigenvalue weighted by Crippen LogP contribution is -2.92. The molecule has 1 aromatic heterocycles. The van der Waals surface area contributed by atoms with Crippen molar-refractivity contribution in [1.82, 2.24) is 0 Å². The smallest absolute Gasteiger partial charge is 0.282 e. The SMILES string of the molecule is C[C@@H]([NH2+][C@H](c1ccccc1)c1cccs1)C(=O)Nc1ccccc1C#N. The fraction of sp³-hybridized carbons (Fsp3) is 0.143. The molecule has 0 saturated carbocycles. The maximum atomic E-state index is 12.7. The predicted octanol–water partition coefficient (Wildman–Crippen LogP) is 3.30. The standard InChI is InChI=1S/C21H19N3OS/c1-15(21(25)24-18-11-6-5-10-17(18)14-22)23-20(19-12-7-13-26-19)16-8-3-2-4-9-16/h2-13,15,20,23H,1H3,(H,24,25)/p+1/t15-,20-/m1/s1. The van der Waals surface area contributed by atoms with Crippen molar-refractivity contribution < 1.29 is 10.1 Å². The molecule has 0 fully saturated rings. The third kappa shape index (κ3) is 4.17. The van der Waals surface area contributed by atoms with E-state index in [1.54, 1.807) is 29.5 Å². The van der Waals surface area contributed by atoms with E-state index in [4.69, 9.17) is 0 Å². The van der Waals surface area contributed by atoms with Gasteiger partial charge in [-0.25, -0.2) is 0 Å². The zero-order valence-corrected chi connectivity index (χ0v) is 15.2. The minimum Gasteiger partial charge on any atom is -0.326 e. The first kappa shape index (κ1) is 17.9. The number of nitriles is 1. The summed E-state index contributed by atoms with van der Waals surface area (Å²) in [4.78, 5) is 13.9. The Hall–Kier alpha value is -2.94. The van der Waals surface area contributed by atoms with Crippen molar-refractivity contribution in [3.05, 3.63) is 88.1 Å². The number of amides is 1. The number of anilines is 1. The molecule has 1 heterocycles. The Balaban J connectivity index is 1.77. The number of nitrogens with zero attached hydrogens (tertiary/aromatic N) is 1. The zero-order valence-electron chi connectivity index (χ0n) is 14.4. The van der Waals surface area contributed by atoms with E-state index in [1.165, 1.54) is 4.88 Å². The van der Waals surface area contributed by atoms with Crippen LogP contribution in [0.1, 0.15) is 29.0 Å². The van der Waals surface area contributed by atoms with Gasteiger partial charge >= 0.3 is 0 Å². The van der Waals surface area contributed by atoms with Gasteiger partial charge in [-0.2, -0.15) is 5.26 Å². The number of quaternary nitrogens is 1. The summed E-state index contributed by atoms with van der Waals surface area (Å²) in [5.41, 5.74) is 2.17. The highest BCUT2D eigenvalue weighted by Crippen LogP contribution is 2.22. The van der Waals surface area contributed by atoms with Gasteiger partial charge < -0.3 is 10.6 Å². The lowest BCUT2D eigenvalue weighted by atomic mass is 10.0. The number of carbonyl (C=O) groups excluding carboxylic acids is 1. The van der Waals surface area contributed by atoms with E-state index in [1.807, 2.05) is 42.6 Å². The number of hydrogen-bond acceptors (Lipinski definition) is 3. The molecule has 5 heteroatoms. The Kier molecular flexibility index (Phi) is 5.80. The second kappa shape index (κ2) is 8.43. The van der Waals surface area contributed by atoms with Crippen molar-refractivity contribution in [1.29, 1.82) is 5.26 Å².